The lowest BCUT2D eigenvalue weighted by atomic mass is 10.2. The van der Waals surface area contributed by atoms with Crippen molar-refractivity contribution < 1.29 is 4.74 Å². The average Bonchev–Trinajstić information content (AvgIpc) is 2.40. The summed E-state index contributed by atoms with van der Waals surface area (Å²) in [5.74, 6) is 0.679. The third kappa shape index (κ3) is 7.66. The first-order valence-electron chi connectivity index (χ1n) is 7.02. The van der Waals surface area contributed by atoms with E-state index in [0.717, 1.165) is 19.5 Å². The van der Waals surface area contributed by atoms with Gasteiger partial charge in [-0.05, 0) is 44.5 Å². The maximum atomic E-state index is 6.02. The molecule has 0 atom stereocenters. The van der Waals surface area contributed by atoms with Crippen LogP contribution in [0.4, 0.5) is 0 Å². The lowest BCUT2D eigenvalue weighted by molar-refractivity contribution is 0.304. The van der Waals surface area contributed by atoms with Crippen LogP contribution in [0.15, 0.2) is 18.2 Å². The van der Waals surface area contributed by atoms with E-state index in [9.17, 15) is 0 Å². The summed E-state index contributed by atoms with van der Waals surface area (Å²) in [5.41, 5.74) is 0. The zero-order valence-corrected chi connectivity index (χ0v) is 13.1. The number of hydrogen-bond acceptors (Lipinski definition) is 2. The van der Waals surface area contributed by atoms with Crippen LogP contribution in [0.25, 0.3) is 0 Å². The zero-order valence-electron chi connectivity index (χ0n) is 11.6. The summed E-state index contributed by atoms with van der Waals surface area (Å²) in [4.78, 5) is 0. The number of ether oxygens (including phenoxy) is 1. The summed E-state index contributed by atoms with van der Waals surface area (Å²) in [5, 5.41) is 4.67. The van der Waals surface area contributed by atoms with E-state index in [0.29, 0.717) is 22.4 Å². The Morgan fingerprint density at radius 3 is 2.63 bits per heavy atom. The second-order valence-corrected chi connectivity index (χ2v) is 5.43. The minimum atomic E-state index is 0.619. The van der Waals surface area contributed by atoms with Gasteiger partial charge in [-0.25, -0.2) is 0 Å². The van der Waals surface area contributed by atoms with Crippen molar-refractivity contribution in [2.75, 3.05) is 19.7 Å². The van der Waals surface area contributed by atoms with E-state index in [4.69, 9.17) is 27.9 Å². The minimum absolute atomic E-state index is 0.619. The van der Waals surface area contributed by atoms with Crippen molar-refractivity contribution >= 4 is 23.2 Å². The van der Waals surface area contributed by atoms with E-state index in [2.05, 4.69) is 12.2 Å². The molecule has 0 amide bonds. The topological polar surface area (TPSA) is 21.3 Å². The molecule has 1 aromatic rings. The maximum absolute atomic E-state index is 6.02. The van der Waals surface area contributed by atoms with Crippen molar-refractivity contribution in [1.82, 2.24) is 5.32 Å². The Hall–Kier alpha value is -0.440. The van der Waals surface area contributed by atoms with E-state index < -0.39 is 0 Å². The molecule has 2 nitrogen and oxygen atoms in total. The largest absolute Gasteiger partial charge is 0.492 e. The van der Waals surface area contributed by atoms with Crippen molar-refractivity contribution in [3.8, 4) is 5.75 Å². The van der Waals surface area contributed by atoms with Gasteiger partial charge >= 0.3 is 0 Å². The molecule has 0 aromatic heterocycles. The number of rotatable bonds is 10. The van der Waals surface area contributed by atoms with Crippen LogP contribution in [0.1, 0.15) is 39.0 Å². The summed E-state index contributed by atoms with van der Waals surface area (Å²) in [6, 6.07) is 5.29. The van der Waals surface area contributed by atoms with E-state index in [1.165, 1.54) is 25.7 Å². The van der Waals surface area contributed by atoms with Crippen molar-refractivity contribution in [1.29, 1.82) is 0 Å². The monoisotopic (exact) mass is 303 g/mol. The Labute approximate surface area is 126 Å². The lowest BCUT2D eigenvalue weighted by Gasteiger charge is -2.08. The molecular formula is C15H23Cl2NO. The van der Waals surface area contributed by atoms with Crippen molar-refractivity contribution in [3.05, 3.63) is 28.2 Å². The van der Waals surface area contributed by atoms with Gasteiger partial charge in [-0.15, -0.1) is 0 Å². The molecule has 0 spiro atoms. The molecule has 1 aromatic carbocycles. The summed E-state index contributed by atoms with van der Waals surface area (Å²) >= 11 is 11.9. The van der Waals surface area contributed by atoms with Crippen LogP contribution in [0.5, 0.6) is 5.75 Å². The lowest BCUT2D eigenvalue weighted by Crippen LogP contribution is -2.15. The number of hydrogen-bond donors (Lipinski definition) is 1. The van der Waals surface area contributed by atoms with Crippen LogP contribution in [-0.4, -0.2) is 19.7 Å². The second-order valence-electron chi connectivity index (χ2n) is 4.59. The van der Waals surface area contributed by atoms with Crippen molar-refractivity contribution in [2.45, 2.75) is 39.0 Å². The standard InChI is InChI=1S/C15H23Cl2NO/c1-2-9-18-10-5-3-4-6-11-19-15-12-13(16)7-8-14(15)17/h7-8,12,18H,2-6,9-11H2,1H3. The number of benzene rings is 1. The molecule has 0 heterocycles. The van der Waals surface area contributed by atoms with Crippen LogP contribution in [-0.2, 0) is 0 Å². The van der Waals surface area contributed by atoms with E-state index in [-0.39, 0.29) is 0 Å². The highest BCUT2D eigenvalue weighted by Crippen LogP contribution is 2.27. The molecule has 19 heavy (non-hydrogen) atoms. The van der Waals surface area contributed by atoms with Gasteiger partial charge in [0.15, 0.2) is 0 Å². The Morgan fingerprint density at radius 2 is 1.84 bits per heavy atom. The van der Waals surface area contributed by atoms with Gasteiger partial charge in [0, 0.05) is 11.1 Å². The van der Waals surface area contributed by atoms with Gasteiger partial charge in [0.2, 0.25) is 0 Å². The van der Waals surface area contributed by atoms with Gasteiger partial charge in [0.1, 0.15) is 5.75 Å². The smallest absolute Gasteiger partial charge is 0.139 e. The fourth-order valence-electron chi connectivity index (χ4n) is 1.78. The highest BCUT2D eigenvalue weighted by molar-refractivity contribution is 6.34. The third-order valence-electron chi connectivity index (χ3n) is 2.83. The molecule has 1 N–H and O–H groups in total. The molecule has 108 valence electrons. The van der Waals surface area contributed by atoms with Crippen LogP contribution in [0, 0.1) is 0 Å². The normalized spacial score (nSPS) is 10.7. The van der Waals surface area contributed by atoms with Gasteiger partial charge in [0.05, 0.1) is 11.6 Å². The molecule has 0 bridgehead atoms. The van der Waals surface area contributed by atoms with Crippen LogP contribution in [0.3, 0.4) is 0 Å². The Morgan fingerprint density at radius 1 is 1.05 bits per heavy atom. The molecule has 4 heteroatoms. The van der Waals surface area contributed by atoms with Crippen LogP contribution < -0.4 is 10.1 Å². The van der Waals surface area contributed by atoms with Crippen molar-refractivity contribution in [3.63, 3.8) is 0 Å². The average molecular weight is 304 g/mol. The highest BCUT2D eigenvalue weighted by atomic mass is 35.5. The number of halogens is 2. The fourth-order valence-corrected chi connectivity index (χ4v) is 2.11. The molecule has 0 fully saturated rings. The molecule has 1 rings (SSSR count). The Bertz CT molecular complexity index is 358. The number of unbranched alkanes of at least 4 members (excludes halogenated alkanes) is 3. The van der Waals surface area contributed by atoms with Gasteiger partial charge in [0.25, 0.3) is 0 Å². The zero-order chi connectivity index (χ0) is 13.9. The van der Waals surface area contributed by atoms with E-state index in [1.807, 2.05) is 0 Å². The maximum Gasteiger partial charge on any atom is 0.139 e. The molecule has 0 saturated heterocycles. The van der Waals surface area contributed by atoms with E-state index >= 15 is 0 Å². The predicted molar refractivity (Wildman–Crippen MR) is 83.6 cm³/mol. The Balaban J connectivity index is 2.03. The van der Waals surface area contributed by atoms with Gasteiger partial charge in [-0.3, -0.25) is 0 Å². The minimum Gasteiger partial charge on any atom is -0.492 e. The van der Waals surface area contributed by atoms with Gasteiger partial charge < -0.3 is 10.1 Å². The van der Waals surface area contributed by atoms with Gasteiger partial charge in [-0.1, -0.05) is 43.0 Å². The molecule has 0 radical (unpaired) electrons. The third-order valence-corrected chi connectivity index (χ3v) is 3.37. The molecular weight excluding hydrogens is 281 g/mol. The fraction of sp³-hybridized carbons (Fsp3) is 0.600. The Kier molecular flexibility index (Phi) is 9.06. The number of nitrogens with one attached hydrogen (secondary N) is 1. The summed E-state index contributed by atoms with van der Waals surface area (Å²) in [6.45, 7) is 5.12. The summed E-state index contributed by atoms with van der Waals surface area (Å²) in [6.07, 6.45) is 5.91. The van der Waals surface area contributed by atoms with Crippen LogP contribution >= 0.6 is 23.2 Å². The first-order valence-corrected chi connectivity index (χ1v) is 7.78. The van der Waals surface area contributed by atoms with Crippen molar-refractivity contribution in [2.24, 2.45) is 0 Å². The predicted octanol–water partition coefficient (Wildman–Crippen LogP) is 4.93. The molecule has 0 saturated carbocycles. The molecule has 0 aliphatic heterocycles. The second kappa shape index (κ2) is 10.4. The first kappa shape index (κ1) is 16.6. The quantitative estimate of drug-likeness (QED) is 0.619. The molecule has 0 unspecified atom stereocenters. The molecule has 0 aliphatic carbocycles. The first-order chi connectivity index (χ1) is 9.24. The molecule has 0 aliphatic rings. The SMILES string of the molecule is CCCNCCCCCCOc1cc(Cl)ccc1Cl. The summed E-state index contributed by atoms with van der Waals surface area (Å²) < 4.78 is 5.63. The van der Waals surface area contributed by atoms with Crippen LogP contribution in [0.2, 0.25) is 10.0 Å². The van der Waals surface area contributed by atoms with Gasteiger partial charge in [-0.2, -0.15) is 0 Å². The van der Waals surface area contributed by atoms with E-state index in [1.54, 1.807) is 18.2 Å². The highest BCUT2D eigenvalue weighted by Gasteiger charge is 2.02. The summed E-state index contributed by atoms with van der Waals surface area (Å²) in [7, 11) is 0.